The molecule has 8 heteroatoms. The predicted molar refractivity (Wildman–Crippen MR) is 105 cm³/mol. The molecule has 0 N–H and O–H groups in total. The number of fused-ring (bicyclic) bond motifs is 3. The Labute approximate surface area is 164 Å². The molecule has 0 saturated carbocycles. The van der Waals surface area contributed by atoms with Crippen LogP contribution in [0.1, 0.15) is 15.2 Å². The molecule has 0 atom stereocenters. The zero-order valence-electron chi connectivity index (χ0n) is 14.1. The van der Waals surface area contributed by atoms with Crippen molar-refractivity contribution < 1.29 is 17.6 Å². The van der Waals surface area contributed by atoms with Crippen molar-refractivity contribution in [1.82, 2.24) is 0 Å². The van der Waals surface area contributed by atoms with Gasteiger partial charge in [0.2, 0.25) is 0 Å². The fourth-order valence-electron chi connectivity index (χ4n) is 3.09. The summed E-state index contributed by atoms with van der Waals surface area (Å²) in [6.45, 7) is 0. The summed E-state index contributed by atoms with van der Waals surface area (Å²) >= 11 is 7.15. The van der Waals surface area contributed by atoms with Crippen molar-refractivity contribution in [3.63, 3.8) is 0 Å². The molecule has 0 unspecified atom stereocenters. The molecule has 0 spiro atoms. The number of benzene rings is 2. The van der Waals surface area contributed by atoms with Gasteiger partial charge < -0.3 is 4.90 Å². The Balaban J connectivity index is 1.79. The Bertz CT molecular complexity index is 1190. The molecule has 1 amide bonds. The number of carbonyl (C=O) groups is 1. The van der Waals surface area contributed by atoms with E-state index in [2.05, 4.69) is 0 Å². The first-order valence-corrected chi connectivity index (χ1v) is 10.8. The second-order valence-electron chi connectivity index (χ2n) is 6.18. The summed E-state index contributed by atoms with van der Waals surface area (Å²) in [5.74, 6) is -1.09. The fourth-order valence-corrected chi connectivity index (χ4v) is 6.28. The third-order valence-electron chi connectivity index (χ3n) is 4.41. The van der Waals surface area contributed by atoms with E-state index in [0.29, 0.717) is 21.0 Å². The van der Waals surface area contributed by atoms with E-state index in [-0.39, 0.29) is 16.3 Å². The van der Waals surface area contributed by atoms with Crippen molar-refractivity contribution in [3.8, 4) is 10.4 Å². The summed E-state index contributed by atoms with van der Waals surface area (Å²) < 4.78 is 39.1. The number of amides is 1. The molecule has 0 saturated heterocycles. The van der Waals surface area contributed by atoms with Crippen molar-refractivity contribution >= 4 is 44.4 Å². The van der Waals surface area contributed by atoms with Gasteiger partial charge in [0.15, 0.2) is 9.84 Å². The van der Waals surface area contributed by atoms with Gasteiger partial charge in [-0.25, -0.2) is 12.8 Å². The Morgan fingerprint density at radius 2 is 1.93 bits per heavy atom. The lowest BCUT2D eigenvalue weighted by Gasteiger charge is -2.17. The van der Waals surface area contributed by atoms with E-state index in [1.165, 1.54) is 41.5 Å². The summed E-state index contributed by atoms with van der Waals surface area (Å²) in [7, 11) is -2.04. The maximum Gasteiger partial charge on any atom is 0.268 e. The molecule has 1 aromatic heterocycles. The molecule has 0 radical (unpaired) electrons. The molecule has 1 aliphatic heterocycles. The summed E-state index contributed by atoms with van der Waals surface area (Å²) in [6.07, 6.45) is 0. The lowest BCUT2D eigenvalue weighted by molar-refractivity contribution is 0.0996. The van der Waals surface area contributed by atoms with E-state index in [1.807, 2.05) is 0 Å². The smallest absolute Gasteiger partial charge is 0.268 e. The molecule has 27 heavy (non-hydrogen) atoms. The summed E-state index contributed by atoms with van der Waals surface area (Å²) in [6, 6.07) is 12.3. The number of nitrogens with zero attached hydrogens (tertiary/aromatic N) is 1. The first-order valence-electron chi connectivity index (χ1n) is 7.96. The number of hydrogen-bond donors (Lipinski definition) is 0. The van der Waals surface area contributed by atoms with Crippen LogP contribution in [0.4, 0.5) is 10.1 Å². The maximum absolute atomic E-state index is 14.0. The van der Waals surface area contributed by atoms with Gasteiger partial charge in [-0.05, 0) is 35.9 Å². The van der Waals surface area contributed by atoms with Crippen molar-refractivity contribution in [3.05, 3.63) is 69.8 Å². The van der Waals surface area contributed by atoms with E-state index in [1.54, 1.807) is 30.3 Å². The molecular weight excluding hydrogens is 409 g/mol. The monoisotopic (exact) mass is 421 g/mol. The standard InChI is InChI=1S/C19H13ClFNO3S2/c1-22(15-5-3-2-4-14(15)21)19(23)16-8-11-10-27(24,25)17-9-12(20)6-7-13(17)18(11)26-16/h2-9H,10H2,1H3. The maximum atomic E-state index is 14.0. The molecule has 0 bridgehead atoms. The van der Waals surface area contributed by atoms with Gasteiger partial charge >= 0.3 is 0 Å². The zero-order chi connectivity index (χ0) is 19.3. The van der Waals surface area contributed by atoms with Crippen LogP contribution in [0.25, 0.3) is 10.4 Å². The van der Waals surface area contributed by atoms with Crippen LogP contribution in [0.3, 0.4) is 0 Å². The summed E-state index contributed by atoms with van der Waals surface area (Å²) in [4.78, 5) is 15.3. The van der Waals surface area contributed by atoms with Crippen LogP contribution in [0.2, 0.25) is 5.02 Å². The second-order valence-corrected chi connectivity index (χ2v) is 9.63. The van der Waals surface area contributed by atoms with Gasteiger partial charge in [-0.3, -0.25) is 4.79 Å². The molecule has 138 valence electrons. The third-order valence-corrected chi connectivity index (χ3v) is 7.54. The number of thiophene rings is 1. The first kappa shape index (κ1) is 18.2. The first-order chi connectivity index (χ1) is 12.8. The van der Waals surface area contributed by atoms with Gasteiger partial charge in [0.1, 0.15) is 5.82 Å². The molecular formula is C19H13ClFNO3S2. The van der Waals surface area contributed by atoms with E-state index in [0.717, 1.165) is 4.88 Å². The van der Waals surface area contributed by atoms with Crippen LogP contribution >= 0.6 is 22.9 Å². The van der Waals surface area contributed by atoms with E-state index in [9.17, 15) is 17.6 Å². The molecule has 2 aromatic carbocycles. The number of anilines is 1. The van der Waals surface area contributed by atoms with Crippen LogP contribution in [0.15, 0.2) is 53.4 Å². The fraction of sp³-hybridized carbons (Fsp3) is 0.105. The largest absolute Gasteiger partial charge is 0.308 e. The van der Waals surface area contributed by atoms with Crippen LogP contribution in [0, 0.1) is 5.82 Å². The van der Waals surface area contributed by atoms with Crippen LogP contribution in [0.5, 0.6) is 0 Å². The SMILES string of the molecule is CN(C(=O)c1cc2c(s1)-c1ccc(Cl)cc1S(=O)(=O)C2)c1ccccc1F. The highest BCUT2D eigenvalue weighted by Gasteiger charge is 2.31. The van der Waals surface area contributed by atoms with Crippen LogP contribution in [-0.2, 0) is 15.6 Å². The number of hydrogen-bond acceptors (Lipinski definition) is 4. The highest BCUT2D eigenvalue weighted by atomic mass is 35.5. The van der Waals surface area contributed by atoms with Gasteiger partial charge in [-0.1, -0.05) is 29.8 Å². The minimum Gasteiger partial charge on any atom is -0.308 e. The normalized spacial score (nSPS) is 14.3. The average molecular weight is 422 g/mol. The van der Waals surface area contributed by atoms with Crippen molar-refractivity contribution in [2.24, 2.45) is 0 Å². The Hall–Kier alpha value is -2.22. The van der Waals surface area contributed by atoms with Crippen LogP contribution < -0.4 is 4.90 Å². The lowest BCUT2D eigenvalue weighted by atomic mass is 10.1. The highest BCUT2D eigenvalue weighted by molar-refractivity contribution is 7.91. The van der Waals surface area contributed by atoms with Gasteiger partial charge in [0, 0.05) is 22.5 Å². The molecule has 1 aliphatic rings. The lowest BCUT2D eigenvalue weighted by Crippen LogP contribution is -2.26. The Kier molecular flexibility index (Phi) is 4.33. The predicted octanol–water partition coefficient (Wildman–Crippen LogP) is 4.77. The van der Waals surface area contributed by atoms with E-state index < -0.39 is 21.6 Å². The van der Waals surface area contributed by atoms with E-state index >= 15 is 0 Å². The van der Waals surface area contributed by atoms with Gasteiger partial charge in [0.05, 0.1) is 21.2 Å². The van der Waals surface area contributed by atoms with Gasteiger partial charge in [-0.15, -0.1) is 11.3 Å². The number of rotatable bonds is 2. The minimum absolute atomic E-state index is 0.161. The second kappa shape index (κ2) is 6.44. The zero-order valence-corrected chi connectivity index (χ0v) is 16.5. The third kappa shape index (κ3) is 3.05. The molecule has 4 nitrogen and oxygen atoms in total. The van der Waals surface area contributed by atoms with Crippen molar-refractivity contribution in [2.75, 3.05) is 11.9 Å². The number of carbonyl (C=O) groups excluding carboxylic acids is 1. The molecule has 3 aromatic rings. The average Bonchev–Trinajstić information content (AvgIpc) is 3.04. The number of sulfone groups is 1. The molecule has 2 heterocycles. The highest BCUT2D eigenvalue weighted by Crippen LogP contribution is 2.44. The number of para-hydroxylation sites is 1. The topological polar surface area (TPSA) is 54.5 Å². The molecule has 0 aliphatic carbocycles. The minimum atomic E-state index is -3.53. The quantitative estimate of drug-likeness (QED) is 0.598. The van der Waals surface area contributed by atoms with Crippen molar-refractivity contribution in [1.29, 1.82) is 0 Å². The van der Waals surface area contributed by atoms with Gasteiger partial charge in [0.25, 0.3) is 5.91 Å². The Morgan fingerprint density at radius 1 is 1.19 bits per heavy atom. The molecule has 4 rings (SSSR count). The van der Waals surface area contributed by atoms with Gasteiger partial charge in [-0.2, -0.15) is 0 Å². The summed E-state index contributed by atoms with van der Waals surface area (Å²) in [5, 5.41) is 0.341. The molecule has 0 fully saturated rings. The van der Waals surface area contributed by atoms with E-state index in [4.69, 9.17) is 11.6 Å². The number of halogens is 2. The summed E-state index contributed by atoms with van der Waals surface area (Å²) in [5.41, 5.74) is 1.27. The van der Waals surface area contributed by atoms with Crippen LogP contribution in [-0.4, -0.2) is 21.4 Å². The van der Waals surface area contributed by atoms with Crippen molar-refractivity contribution in [2.45, 2.75) is 10.6 Å². The Morgan fingerprint density at radius 3 is 2.67 bits per heavy atom.